The van der Waals surface area contributed by atoms with Crippen LogP contribution in [0.2, 0.25) is 0 Å². The molecule has 20 heavy (non-hydrogen) atoms. The molecule has 0 aliphatic heterocycles. The molecule has 0 aliphatic rings. The summed E-state index contributed by atoms with van der Waals surface area (Å²) in [6.45, 7) is 0. The van der Waals surface area contributed by atoms with Crippen LogP contribution in [0.4, 0.5) is 11.5 Å². The van der Waals surface area contributed by atoms with Crippen LogP contribution in [0.3, 0.4) is 0 Å². The minimum Gasteiger partial charge on any atom is -0.408 e. The second-order valence-corrected chi connectivity index (χ2v) is 4.13. The number of fused-ring (bicyclic) bond motifs is 1. The number of aryl methyl sites for hydroxylation is 1. The molecule has 7 nitrogen and oxygen atoms in total. The molecule has 3 aromatic rings. The molecular formula is C13H9N5O2. The van der Waals surface area contributed by atoms with E-state index in [0.717, 1.165) is 5.69 Å². The minimum atomic E-state index is -0.411. The number of benzene rings is 1. The van der Waals surface area contributed by atoms with E-state index >= 15 is 0 Å². The Balaban J connectivity index is 2.00. The standard InChI is InChI=1S/C13H9N5O2/c1-18-10-4-8(2-3-11(10)20-13(18)19)17-12-5-9(6-14)15-7-16-12/h2-5,7H,1H3,(H,15,16,17). The molecule has 0 radical (unpaired) electrons. The summed E-state index contributed by atoms with van der Waals surface area (Å²) >= 11 is 0. The van der Waals surface area contributed by atoms with Crippen LogP contribution in [-0.2, 0) is 7.05 Å². The van der Waals surface area contributed by atoms with Crippen molar-refractivity contribution in [2.75, 3.05) is 5.32 Å². The largest absolute Gasteiger partial charge is 0.419 e. The zero-order chi connectivity index (χ0) is 14.1. The molecule has 1 N–H and O–H groups in total. The predicted octanol–water partition coefficient (Wildman–Crippen LogP) is 1.54. The molecule has 0 bridgehead atoms. The van der Waals surface area contributed by atoms with Crippen LogP contribution in [0.15, 0.2) is 39.8 Å². The summed E-state index contributed by atoms with van der Waals surface area (Å²) < 4.78 is 6.47. The SMILES string of the molecule is Cn1c(=O)oc2ccc(Nc3cc(C#N)ncn3)cc21. The monoisotopic (exact) mass is 267 g/mol. The second-order valence-electron chi connectivity index (χ2n) is 4.13. The fourth-order valence-corrected chi connectivity index (χ4v) is 1.84. The van der Waals surface area contributed by atoms with Crippen LogP contribution < -0.4 is 11.1 Å². The molecule has 7 heteroatoms. The van der Waals surface area contributed by atoms with E-state index in [4.69, 9.17) is 9.68 Å². The van der Waals surface area contributed by atoms with Gasteiger partial charge in [0.05, 0.1) is 5.52 Å². The van der Waals surface area contributed by atoms with Crippen molar-refractivity contribution >= 4 is 22.6 Å². The van der Waals surface area contributed by atoms with Crippen molar-refractivity contribution in [3.63, 3.8) is 0 Å². The van der Waals surface area contributed by atoms with Crippen molar-refractivity contribution < 1.29 is 4.42 Å². The summed E-state index contributed by atoms with van der Waals surface area (Å²) in [5.74, 6) is 0.0929. The summed E-state index contributed by atoms with van der Waals surface area (Å²) in [5.41, 5.74) is 2.20. The van der Waals surface area contributed by atoms with Gasteiger partial charge in [-0.25, -0.2) is 14.8 Å². The normalized spacial score (nSPS) is 10.4. The molecule has 2 heterocycles. The van der Waals surface area contributed by atoms with Gasteiger partial charge < -0.3 is 9.73 Å². The minimum absolute atomic E-state index is 0.277. The molecule has 98 valence electrons. The molecular weight excluding hydrogens is 258 g/mol. The first kappa shape index (κ1) is 11.9. The van der Waals surface area contributed by atoms with Gasteiger partial charge >= 0.3 is 5.76 Å². The van der Waals surface area contributed by atoms with E-state index in [1.807, 2.05) is 6.07 Å². The zero-order valence-electron chi connectivity index (χ0n) is 10.5. The molecule has 2 aromatic heterocycles. The quantitative estimate of drug-likeness (QED) is 0.756. The number of oxazole rings is 1. The Morgan fingerprint density at radius 3 is 3.00 bits per heavy atom. The average molecular weight is 267 g/mol. The van der Waals surface area contributed by atoms with Crippen molar-refractivity contribution in [3.8, 4) is 6.07 Å². The first-order valence-electron chi connectivity index (χ1n) is 5.76. The van der Waals surface area contributed by atoms with E-state index in [9.17, 15) is 4.79 Å². The lowest BCUT2D eigenvalue weighted by atomic mass is 10.3. The van der Waals surface area contributed by atoms with E-state index in [2.05, 4.69) is 15.3 Å². The lowest BCUT2D eigenvalue weighted by Crippen LogP contribution is -2.08. The fourth-order valence-electron chi connectivity index (χ4n) is 1.84. The van der Waals surface area contributed by atoms with Crippen LogP contribution >= 0.6 is 0 Å². The molecule has 1 aromatic carbocycles. The second kappa shape index (κ2) is 4.51. The van der Waals surface area contributed by atoms with Crippen molar-refractivity contribution in [1.29, 1.82) is 5.26 Å². The highest BCUT2D eigenvalue weighted by atomic mass is 16.4. The average Bonchev–Trinajstić information content (AvgIpc) is 2.75. The number of nitrogens with zero attached hydrogens (tertiary/aromatic N) is 4. The highest BCUT2D eigenvalue weighted by Gasteiger charge is 2.07. The topological polar surface area (TPSA) is 96.7 Å². The third-order valence-corrected chi connectivity index (χ3v) is 2.85. The Hall–Kier alpha value is -3.14. The van der Waals surface area contributed by atoms with Gasteiger partial charge in [0, 0.05) is 18.8 Å². The predicted molar refractivity (Wildman–Crippen MR) is 71.5 cm³/mol. The third kappa shape index (κ3) is 1.99. The van der Waals surface area contributed by atoms with Crippen LogP contribution in [-0.4, -0.2) is 14.5 Å². The van der Waals surface area contributed by atoms with Crippen LogP contribution in [0, 0.1) is 11.3 Å². The number of nitriles is 1. The maximum absolute atomic E-state index is 11.4. The Morgan fingerprint density at radius 2 is 2.20 bits per heavy atom. The Kier molecular flexibility index (Phi) is 2.69. The molecule has 0 atom stereocenters. The third-order valence-electron chi connectivity index (χ3n) is 2.85. The number of aromatic nitrogens is 3. The van der Waals surface area contributed by atoms with E-state index in [-0.39, 0.29) is 5.69 Å². The lowest BCUT2D eigenvalue weighted by Gasteiger charge is -2.05. The van der Waals surface area contributed by atoms with Gasteiger partial charge in [-0.05, 0) is 18.2 Å². The lowest BCUT2D eigenvalue weighted by molar-refractivity contribution is 0.528. The Bertz CT molecular complexity index is 888. The van der Waals surface area contributed by atoms with E-state index in [0.29, 0.717) is 16.9 Å². The van der Waals surface area contributed by atoms with Gasteiger partial charge in [-0.15, -0.1) is 0 Å². The summed E-state index contributed by atoms with van der Waals surface area (Å²) in [5, 5.41) is 11.8. The first-order chi connectivity index (χ1) is 9.67. The summed E-state index contributed by atoms with van der Waals surface area (Å²) in [7, 11) is 1.64. The van der Waals surface area contributed by atoms with Gasteiger partial charge in [0.15, 0.2) is 5.58 Å². The molecule has 0 unspecified atom stereocenters. The molecule has 0 fully saturated rings. The number of anilines is 2. The summed E-state index contributed by atoms with van der Waals surface area (Å²) in [4.78, 5) is 19.2. The van der Waals surface area contributed by atoms with Gasteiger partial charge in [0.1, 0.15) is 23.9 Å². The van der Waals surface area contributed by atoms with E-state index < -0.39 is 5.76 Å². The first-order valence-corrected chi connectivity index (χ1v) is 5.76. The number of rotatable bonds is 2. The van der Waals surface area contributed by atoms with Crippen molar-refractivity contribution in [1.82, 2.24) is 14.5 Å². The van der Waals surface area contributed by atoms with Gasteiger partial charge in [-0.3, -0.25) is 4.57 Å². The summed E-state index contributed by atoms with van der Waals surface area (Å²) in [6.07, 6.45) is 1.31. The van der Waals surface area contributed by atoms with Gasteiger partial charge in [0.25, 0.3) is 0 Å². The number of hydrogen-bond acceptors (Lipinski definition) is 6. The molecule has 0 aliphatic carbocycles. The molecule has 0 spiro atoms. The van der Waals surface area contributed by atoms with E-state index in [1.54, 1.807) is 31.3 Å². The fraction of sp³-hybridized carbons (Fsp3) is 0.0769. The van der Waals surface area contributed by atoms with Crippen molar-refractivity contribution in [2.24, 2.45) is 7.05 Å². The summed E-state index contributed by atoms with van der Waals surface area (Å²) in [6, 6.07) is 8.72. The van der Waals surface area contributed by atoms with Gasteiger partial charge in [-0.1, -0.05) is 0 Å². The van der Waals surface area contributed by atoms with E-state index in [1.165, 1.54) is 10.9 Å². The Morgan fingerprint density at radius 1 is 1.35 bits per heavy atom. The zero-order valence-corrected chi connectivity index (χ0v) is 10.5. The molecule has 0 amide bonds. The Labute approximate surface area is 113 Å². The maximum Gasteiger partial charge on any atom is 0.419 e. The number of hydrogen-bond donors (Lipinski definition) is 1. The van der Waals surface area contributed by atoms with Gasteiger partial charge in [-0.2, -0.15) is 5.26 Å². The van der Waals surface area contributed by atoms with Crippen LogP contribution in [0.5, 0.6) is 0 Å². The highest BCUT2D eigenvalue weighted by Crippen LogP contribution is 2.20. The van der Waals surface area contributed by atoms with Gasteiger partial charge in [0.2, 0.25) is 0 Å². The molecule has 0 saturated heterocycles. The molecule has 0 saturated carbocycles. The van der Waals surface area contributed by atoms with Crippen LogP contribution in [0.1, 0.15) is 5.69 Å². The smallest absolute Gasteiger partial charge is 0.408 e. The molecule has 3 rings (SSSR count). The van der Waals surface area contributed by atoms with Crippen molar-refractivity contribution in [3.05, 3.63) is 46.8 Å². The van der Waals surface area contributed by atoms with Crippen LogP contribution in [0.25, 0.3) is 11.1 Å². The number of nitrogens with one attached hydrogen (secondary N) is 1. The maximum atomic E-state index is 11.4. The highest BCUT2D eigenvalue weighted by molar-refractivity contribution is 5.78. The van der Waals surface area contributed by atoms with Crippen molar-refractivity contribution in [2.45, 2.75) is 0 Å².